The Morgan fingerprint density at radius 3 is 1.31 bits per heavy atom. The van der Waals surface area contributed by atoms with E-state index in [-0.39, 0.29) is 5.41 Å². The number of hydrogen-bond acceptors (Lipinski definition) is 3. The Labute approximate surface area is 324 Å². The summed E-state index contributed by atoms with van der Waals surface area (Å²) < 4.78 is 0. The van der Waals surface area contributed by atoms with Gasteiger partial charge in [-0.1, -0.05) is 147 Å². The molecule has 3 heteroatoms. The zero-order valence-corrected chi connectivity index (χ0v) is 31.7. The van der Waals surface area contributed by atoms with Crippen molar-refractivity contribution in [1.82, 2.24) is 15.0 Å². The van der Waals surface area contributed by atoms with Crippen molar-refractivity contribution in [2.45, 2.75) is 63.2 Å². The van der Waals surface area contributed by atoms with Gasteiger partial charge in [0, 0.05) is 22.1 Å². The molecule has 0 unspecified atom stereocenters. The van der Waals surface area contributed by atoms with E-state index in [1.807, 2.05) is 0 Å². The second-order valence-corrected chi connectivity index (χ2v) is 17.5. The lowest BCUT2D eigenvalue weighted by atomic mass is 9.48. The molecule has 0 saturated heterocycles. The summed E-state index contributed by atoms with van der Waals surface area (Å²) in [5.74, 6) is 4.87. The van der Waals surface area contributed by atoms with Crippen molar-refractivity contribution in [3.8, 4) is 67.5 Å². The van der Waals surface area contributed by atoms with Gasteiger partial charge in [-0.25, -0.2) is 15.0 Å². The molecule has 7 aromatic rings. The van der Waals surface area contributed by atoms with Crippen molar-refractivity contribution in [2.24, 2.45) is 17.8 Å². The van der Waals surface area contributed by atoms with Crippen molar-refractivity contribution in [3.63, 3.8) is 0 Å². The van der Waals surface area contributed by atoms with E-state index in [1.54, 1.807) is 0 Å². The predicted octanol–water partition coefficient (Wildman–Crippen LogP) is 13.0. The van der Waals surface area contributed by atoms with Crippen molar-refractivity contribution in [3.05, 3.63) is 162 Å². The van der Waals surface area contributed by atoms with Crippen molar-refractivity contribution >= 4 is 0 Å². The Morgan fingerprint density at radius 1 is 0.400 bits per heavy atom. The van der Waals surface area contributed by atoms with Crippen LogP contribution in [0, 0.1) is 17.8 Å². The third kappa shape index (κ3) is 5.50. The predicted molar refractivity (Wildman–Crippen MR) is 224 cm³/mol. The molecule has 0 amide bonds. The van der Waals surface area contributed by atoms with E-state index in [0.29, 0.717) is 17.1 Å². The molecule has 1 aromatic heterocycles. The van der Waals surface area contributed by atoms with E-state index in [2.05, 4.69) is 159 Å². The summed E-state index contributed by atoms with van der Waals surface area (Å²) in [6.07, 6.45) is 8.47. The maximum atomic E-state index is 5.25. The van der Waals surface area contributed by atoms with Crippen LogP contribution in [0.1, 0.15) is 69.1 Å². The molecule has 4 saturated carbocycles. The normalized spacial score (nSPS) is 22.7. The quantitative estimate of drug-likeness (QED) is 0.172. The minimum Gasteiger partial charge on any atom is -0.208 e. The molecule has 0 radical (unpaired) electrons. The molecule has 4 fully saturated rings. The standard InChI is InChI=1S/C52H45N3/c1-51(2)46-23-19-41(37-11-7-4-8-12-37)28-44(46)45-29-42(20-24-47(45)51)50-54-48(39-15-13-38(14-16-39)36-9-5-3-6-10-36)53-49(55-50)40-17-21-43(22-18-40)52-30-33-25-34(31-52)27-35(26-33)32-52/h3-24,28-29,33-35H,25-27,30-32H2,1-2H3. The second-order valence-electron chi connectivity index (χ2n) is 17.5. The Balaban J connectivity index is 1.01. The molecule has 268 valence electrons. The third-order valence-corrected chi connectivity index (χ3v) is 13.7. The van der Waals surface area contributed by atoms with Crippen LogP contribution >= 0.6 is 0 Å². The van der Waals surface area contributed by atoms with E-state index in [4.69, 9.17) is 15.0 Å². The van der Waals surface area contributed by atoms with E-state index < -0.39 is 0 Å². The number of nitrogens with zero attached hydrogens (tertiary/aromatic N) is 3. The van der Waals surface area contributed by atoms with Crippen LogP contribution < -0.4 is 0 Å². The monoisotopic (exact) mass is 711 g/mol. The molecule has 1 heterocycles. The zero-order valence-electron chi connectivity index (χ0n) is 31.7. The molecule has 0 atom stereocenters. The zero-order chi connectivity index (χ0) is 36.7. The average Bonchev–Trinajstić information content (AvgIpc) is 3.45. The summed E-state index contributed by atoms with van der Waals surface area (Å²) in [6, 6.07) is 53.0. The van der Waals surface area contributed by atoms with Gasteiger partial charge in [0.25, 0.3) is 0 Å². The van der Waals surface area contributed by atoms with Crippen LogP contribution in [0.5, 0.6) is 0 Å². The molecule has 5 aliphatic rings. The van der Waals surface area contributed by atoms with Crippen LogP contribution in [0.15, 0.2) is 146 Å². The van der Waals surface area contributed by atoms with Crippen LogP contribution in [-0.2, 0) is 10.8 Å². The van der Waals surface area contributed by atoms with Gasteiger partial charge in [-0.15, -0.1) is 0 Å². The van der Waals surface area contributed by atoms with Gasteiger partial charge in [0.1, 0.15) is 0 Å². The summed E-state index contributed by atoms with van der Waals surface area (Å²) in [6.45, 7) is 4.68. The summed E-state index contributed by atoms with van der Waals surface area (Å²) >= 11 is 0. The van der Waals surface area contributed by atoms with Crippen LogP contribution in [0.2, 0.25) is 0 Å². The van der Waals surface area contributed by atoms with Crippen LogP contribution in [0.25, 0.3) is 67.5 Å². The Morgan fingerprint density at radius 2 is 0.782 bits per heavy atom. The third-order valence-electron chi connectivity index (χ3n) is 13.7. The van der Waals surface area contributed by atoms with Crippen molar-refractivity contribution < 1.29 is 0 Å². The van der Waals surface area contributed by atoms with Gasteiger partial charge < -0.3 is 0 Å². The van der Waals surface area contributed by atoms with Crippen LogP contribution in [0.3, 0.4) is 0 Å². The first-order valence-corrected chi connectivity index (χ1v) is 20.3. The number of rotatable bonds is 6. The first-order chi connectivity index (χ1) is 26.9. The van der Waals surface area contributed by atoms with Gasteiger partial charge in [0.05, 0.1) is 0 Å². The number of aromatic nitrogens is 3. The smallest absolute Gasteiger partial charge is 0.164 e. The van der Waals surface area contributed by atoms with Gasteiger partial charge in [0.2, 0.25) is 0 Å². The lowest BCUT2D eigenvalue weighted by molar-refractivity contribution is -0.00518. The Hall–Kier alpha value is -5.67. The average molecular weight is 712 g/mol. The molecule has 12 rings (SSSR count). The van der Waals surface area contributed by atoms with E-state index in [1.165, 1.54) is 88.6 Å². The molecule has 0 N–H and O–H groups in total. The van der Waals surface area contributed by atoms with E-state index in [9.17, 15) is 0 Å². The van der Waals surface area contributed by atoms with Crippen molar-refractivity contribution in [1.29, 1.82) is 0 Å². The fourth-order valence-corrected chi connectivity index (χ4v) is 11.4. The molecule has 5 aliphatic carbocycles. The molecule has 55 heavy (non-hydrogen) atoms. The first-order valence-electron chi connectivity index (χ1n) is 20.3. The van der Waals surface area contributed by atoms with E-state index >= 15 is 0 Å². The minimum absolute atomic E-state index is 0.104. The maximum Gasteiger partial charge on any atom is 0.164 e. The minimum atomic E-state index is -0.104. The van der Waals surface area contributed by atoms with Crippen molar-refractivity contribution in [2.75, 3.05) is 0 Å². The lowest BCUT2D eigenvalue weighted by Crippen LogP contribution is -2.48. The van der Waals surface area contributed by atoms with E-state index in [0.717, 1.165) is 40.3 Å². The molecular weight excluding hydrogens is 667 g/mol. The molecule has 6 aromatic carbocycles. The molecule has 3 nitrogen and oxygen atoms in total. The second kappa shape index (κ2) is 12.4. The summed E-state index contributed by atoms with van der Waals surface area (Å²) in [5.41, 5.74) is 14.9. The molecular formula is C52H45N3. The highest BCUT2D eigenvalue weighted by molar-refractivity contribution is 5.87. The lowest BCUT2D eigenvalue weighted by Gasteiger charge is -2.57. The van der Waals surface area contributed by atoms with Crippen LogP contribution in [0.4, 0.5) is 0 Å². The Kier molecular flexibility index (Phi) is 7.40. The van der Waals surface area contributed by atoms with Gasteiger partial charge in [-0.2, -0.15) is 0 Å². The van der Waals surface area contributed by atoms with Gasteiger partial charge >= 0.3 is 0 Å². The summed E-state index contributed by atoms with van der Waals surface area (Å²) in [5, 5.41) is 0. The topological polar surface area (TPSA) is 38.7 Å². The number of fused-ring (bicyclic) bond motifs is 3. The van der Waals surface area contributed by atoms with Crippen LogP contribution in [-0.4, -0.2) is 15.0 Å². The first kappa shape index (κ1) is 32.7. The number of hydrogen-bond donors (Lipinski definition) is 0. The molecule has 0 spiro atoms. The summed E-state index contributed by atoms with van der Waals surface area (Å²) in [4.78, 5) is 15.6. The fourth-order valence-electron chi connectivity index (χ4n) is 11.4. The largest absolute Gasteiger partial charge is 0.208 e. The summed E-state index contributed by atoms with van der Waals surface area (Å²) in [7, 11) is 0. The molecule has 0 aliphatic heterocycles. The van der Waals surface area contributed by atoms with Gasteiger partial charge in [-0.05, 0) is 124 Å². The van der Waals surface area contributed by atoms with Gasteiger partial charge in [0.15, 0.2) is 17.5 Å². The van der Waals surface area contributed by atoms with Gasteiger partial charge in [-0.3, -0.25) is 0 Å². The fraction of sp³-hybridized carbons (Fsp3) is 0.250. The highest BCUT2D eigenvalue weighted by Gasteiger charge is 2.51. The Bertz CT molecular complexity index is 2530. The maximum absolute atomic E-state index is 5.25. The SMILES string of the molecule is CC1(C)c2ccc(-c3ccccc3)cc2-c2cc(-c3nc(-c4ccc(-c5ccccc5)cc4)nc(-c4ccc(C56CC7CC(CC(C7)C5)C6)cc4)n3)ccc21. The highest BCUT2D eigenvalue weighted by atomic mass is 15.0. The highest BCUT2D eigenvalue weighted by Crippen LogP contribution is 2.61. The number of benzene rings is 6. The molecule has 4 bridgehead atoms.